The van der Waals surface area contributed by atoms with E-state index in [1.807, 2.05) is 31.2 Å². The Morgan fingerprint density at radius 3 is 2.67 bits per heavy atom. The highest BCUT2D eigenvalue weighted by atomic mass is 16.3. The van der Waals surface area contributed by atoms with Crippen molar-refractivity contribution in [1.29, 1.82) is 0 Å². The van der Waals surface area contributed by atoms with Gasteiger partial charge in [-0.05, 0) is 55.2 Å². The van der Waals surface area contributed by atoms with Gasteiger partial charge in [0, 0.05) is 49.2 Å². The average Bonchev–Trinajstić information content (AvgIpc) is 3.54. The molecule has 0 bridgehead atoms. The smallest absolute Gasteiger partial charge is 0.187 e. The van der Waals surface area contributed by atoms with Crippen LogP contribution >= 0.6 is 0 Å². The Labute approximate surface area is 210 Å². The minimum atomic E-state index is 0.137. The summed E-state index contributed by atoms with van der Waals surface area (Å²) in [5.41, 5.74) is 7.42. The summed E-state index contributed by atoms with van der Waals surface area (Å²) in [5, 5.41) is 21.6. The average molecular weight is 480 g/mol. The van der Waals surface area contributed by atoms with Crippen molar-refractivity contribution in [2.75, 3.05) is 24.6 Å². The van der Waals surface area contributed by atoms with Crippen LogP contribution in [0.4, 0.5) is 11.4 Å². The molecule has 6 rings (SSSR count). The number of aromatic nitrogens is 4. The highest BCUT2D eigenvalue weighted by Gasteiger charge is 2.24. The number of benzene rings is 2. The van der Waals surface area contributed by atoms with Gasteiger partial charge < -0.3 is 19.9 Å². The normalized spacial score (nSPS) is 16.0. The molecule has 0 radical (unpaired) electrons. The van der Waals surface area contributed by atoms with Gasteiger partial charge in [0.1, 0.15) is 6.33 Å². The van der Waals surface area contributed by atoms with Gasteiger partial charge in [0.05, 0.1) is 24.6 Å². The summed E-state index contributed by atoms with van der Waals surface area (Å²) >= 11 is 0. The Hall–Kier alpha value is -3.93. The van der Waals surface area contributed by atoms with E-state index in [9.17, 15) is 5.11 Å². The minimum absolute atomic E-state index is 0.137. The van der Waals surface area contributed by atoms with Gasteiger partial charge in [0.2, 0.25) is 0 Å². The Bertz CT molecular complexity index is 1420. The predicted octanol–water partition coefficient (Wildman–Crippen LogP) is 4.25. The molecule has 4 aromatic rings. The largest absolute Gasteiger partial charge is 0.395 e. The number of anilines is 1. The van der Waals surface area contributed by atoms with Crippen LogP contribution < -0.4 is 10.2 Å². The number of fused-ring (bicyclic) bond motifs is 5. The Morgan fingerprint density at radius 2 is 1.92 bits per heavy atom. The fraction of sp³-hybridized carbons (Fsp3) is 0.321. The lowest BCUT2D eigenvalue weighted by Crippen LogP contribution is -2.46. The first kappa shape index (κ1) is 22.5. The van der Waals surface area contributed by atoms with Crippen molar-refractivity contribution in [1.82, 2.24) is 24.6 Å². The summed E-state index contributed by atoms with van der Waals surface area (Å²) < 4.78 is 4.33. The van der Waals surface area contributed by atoms with Crippen LogP contribution in [0.2, 0.25) is 0 Å². The van der Waals surface area contributed by atoms with Crippen molar-refractivity contribution < 1.29 is 5.11 Å². The Kier molecular flexibility index (Phi) is 5.80. The van der Waals surface area contributed by atoms with Crippen LogP contribution in [0.5, 0.6) is 0 Å². The molecule has 2 aliphatic heterocycles. The van der Waals surface area contributed by atoms with Gasteiger partial charge in [-0.25, -0.2) is 4.85 Å². The van der Waals surface area contributed by atoms with Gasteiger partial charge in [0.15, 0.2) is 11.5 Å². The molecule has 2 aromatic carbocycles. The van der Waals surface area contributed by atoms with E-state index in [1.54, 1.807) is 6.33 Å². The standard InChI is InChI=1S/C28H29N7O/c1-19(17-36)31-24-9-11-33(12-10-24)25-7-8-26-22(13-25)16-34-15-21(20-3-5-23(29-2)6-4-20)14-27(34)28-32-30-18-35(26)28/h3-8,13-15,18-19,24,31,36H,9-12,16-17H2,1H3/t19-/m0/s1. The van der Waals surface area contributed by atoms with Gasteiger partial charge in [-0.15, -0.1) is 10.2 Å². The molecule has 4 heterocycles. The van der Waals surface area contributed by atoms with E-state index in [2.05, 4.69) is 64.9 Å². The predicted molar refractivity (Wildman–Crippen MR) is 141 cm³/mol. The van der Waals surface area contributed by atoms with Crippen LogP contribution in [0, 0.1) is 6.57 Å². The molecule has 182 valence electrons. The molecule has 0 amide bonds. The number of aliphatic hydroxyl groups is 1. The minimum Gasteiger partial charge on any atom is -0.395 e. The van der Waals surface area contributed by atoms with Gasteiger partial charge >= 0.3 is 0 Å². The quantitative estimate of drug-likeness (QED) is 0.369. The van der Waals surface area contributed by atoms with Gasteiger partial charge in [-0.3, -0.25) is 4.57 Å². The fourth-order valence-corrected chi connectivity index (χ4v) is 5.37. The maximum absolute atomic E-state index is 9.35. The number of nitrogens with one attached hydrogen (secondary N) is 1. The Balaban J connectivity index is 1.30. The molecule has 2 aliphatic rings. The lowest BCUT2D eigenvalue weighted by molar-refractivity contribution is 0.233. The molecule has 8 nitrogen and oxygen atoms in total. The van der Waals surface area contributed by atoms with E-state index in [0.29, 0.717) is 11.7 Å². The summed E-state index contributed by atoms with van der Waals surface area (Å²) in [6.45, 7) is 12.1. The van der Waals surface area contributed by atoms with Crippen LogP contribution in [0.3, 0.4) is 0 Å². The summed E-state index contributed by atoms with van der Waals surface area (Å²) in [7, 11) is 0. The number of aliphatic hydroxyl groups excluding tert-OH is 1. The third-order valence-corrected chi connectivity index (χ3v) is 7.32. The molecule has 0 aliphatic carbocycles. The van der Waals surface area contributed by atoms with Crippen LogP contribution in [0.1, 0.15) is 25.3 Å². The molecule has 2 aromatic heterocycles. The first-order valence-electron chi connectivity index (χ1n) is 12.5. The molecule has 1 atom stereocenters. The molecule has 1 fully saturated rings. The number of hydrogen-bond donors (Lipinski definition) is 2. The fourth-order valence-electron chi connectivity index (χ4n) is 5.37. The molecule has 36 heavy (non-hydrogen) atoms. The first-order chi connectivity index (χ1) is 17.6. The van der Waals surface area contributed by atoms with Crippen LogP contribution in [0.15, 0.2) is 61.1 Å². The number of nitrogens with zero attached hydrogens (tertiary/aromatic N) is 6. The van der Waals surface area contributed by atoms with Crippen molar-refractivity contribution in [2.24, 2.45) is 0 Å². The zero-order valence-corrected chi connectivity index (χ0v) is 20.3. The van der Waals surface area contributed by atoms with E-state index < -0.39 is 0 Å². The van der Waals surface area contributed by atoms with E-state index in [0.717, 1.165) is 60.8 Å². The first-order valence-corrected chi connectivity index (χ1v) is 12.5. The summed E-state index contributed by atoms with van der Waals surface area (Å²) in [4.78, 5) is 5.96. The molecule has 8 heteroatoms. The van der Waals surface area contributed by atoms with E-state index in [4.69, 9.17) is 6.57 Å². The molecule has 0 spiro atoms. The van der Waals surface area contributed by atoms with Gasteiger partial charge in [0.25, 0.3) is 0 Å². The molecule has 0 unspecified atom stereocenters. The Morgan fingerprint density at radius 1 is 1.11 bits per heavy atom. The van der Waals surface area contributed by atoms with E-state index in [-0.39, 0.29) is 12.6 Å². The van der Waals surface area contributed by atoms with E-state index in [1.165, 1.54) is 11.3 Å². The van der Waals surface area contributed by atoms with Crippen molar-refractivity contribution >= 4 is 11.4 Å². The number of hydrogen-bond acceptors (Lipinski definition) is 5. The highest BCUT2D eigenvalue weighted by molar-refractivity contribution is 5.73. The van der Waals surface area contributed by atoms with E-state index >= 15 is 0 Å². The summed E-state index contributed by atoms with van der Waals surface area (Å²) in [6, 6.07) is 17.2. The number of rotatable bonds is 5. The van der Waals surface area contributed by atoms with Crippen molar-refractivity contribution in [3.05, 3.63) is 78.0 Å². The lowest BCUT2D eigenvalue weighted by atomic mass is 10.0. The second-order valence-electron chi connectivity index (χ2n) is 9.75. The second kappa shape index (κ2) is 9.26. The summed E-state index contributed by atoms with van der Waals surface area (Å²) in [6.07, 6.45) is 6.09. The zero-order valence-electron chi connectivity index (χ0n) is 20.3. The molecule has 0 saturated carbocycles. The van der Waals surface area contributed by atoms with Crippen LogP contribution in [-0.4, -0.2) is 56.2 Å². The second-order valence-corrected chi connectivity index (χ2v) is 9.75. The number of piperidine rings is 1. The topological polar surface area (TPSA) is 75.5 Å². The van der Waals surface area contributed by atoms with Gasteiger partial charge in [-0.2, -0.15) is 0 Å². The zero-order chi connectivity index (χ0) is 24.6. The summed E-state index contributed by atoms with van der Waals surface area (Å²) in [5.74, 6) is 0.829. The maximum Gasteiger partial charge on any atom is 0.187 e. The van der Waals surface area contributed by atoms with Crippen LogP contribution in [0.25, 0.3) is 33.2 Å². The third kappa shape index (κ3) is 4.06. The van der Waals surface area contributed by atoms with Crippen LogP contribution in [-0.2, 0) is 6.54 Å². The molecule has 1 saturated heterocycles. The SMILES string of the molecule is [C-]#[N+]c1ccc(-c2cc3n(c2)Cc2cc(N4CCC(N[C@@H](C)CO)CC4)ccc2-n2cnnc2-3)cc1. The lowest BCUT2D eigenvalue weighted by Gasteiger charge is -2.35. The molecular weight excluding hydrogens is 450 g/mol. The highest BCUT2D eigenvalue weighted by Crippen LogP contribution is 2.35. The van der Waals surface area contributed by atoms with Crippen molar-refractivity contribution in [2.45, 2.75) is 38.4 Å². The molecule has 2 N–H and O–H groups in total. The monoisotopic (exact) mass is 479 g/mol. The van der Waals surface area contributed by atoms with Crippen molar-refractivity contribution in [3.63, 3.8) is 0 Å². The van der Waals surface area contributed by atoms with Crippen molar-refractivity contribution in [3.8, 4) is 28.3 Å². The maximum atomic E-state index is 9.35. The molecular formula is C28H29N7O. The third-order valence-electron chi connectivity index (χ3n) is 7.32. The van der Waals surface area contributed by atoms with Gasteiger partial charge in [-0.1, -0.05) is 24.3 Å².